The maximum atomic E-state index is 12.4. The number of rotatable bonds is 6. The number of aromatic nitrogens is 1. The lowest BCUT2D eigenvalue weighted by Crippen LogP contribution is -2.42. The van der Waals surface area contributed by atoms with Crippen LogP contribution in [0.1, 0.15) is 23.9 Å². The Kier molecular flexibility index (Phi) is 4.99. The molecule has 27 heavy (non-hydrogen) atoms. The maximum absolute atomic E-state index is 12.4. The molecule has 1 aliphatic rings. The van der Waals surface area contributed by atoms with Crippen LogP contribution in [0.2, 0.25) is 0 Å². The van der Waals surface area contributed by atoms with Gasteiger partial charge in [0, 0.05) is 24.8 Å². The first-order valence-corrected chi connectivity index (χ1v) is 10.1. The standard InChI is InChI=1S/C21H23N3O2S/c1-14(24-10-9-16-6-3-4-7-18(16)24)13-22-20(25)12-17-15(2)26-21(23-17)19-8-5-11-27-19/h3-8,11,14H,9-10,12-13H2,1-2H3,(H,22,25)/t14-/m1/s1. The zero-order chi connectivity index (χ0) is 18.8. The Bertz CT molecular complexity index is 933. The van der Waals surface area contributed by atoms with Crippen molar-refractivity contribution >= 4 is 22.9 Å². The fourth-order valence-corrected chi connectivity index (χ4v) is 4.15. The van der Waals surface area contributed by atoms with E-state index in [4.69, 9.17) is 4.42 Å². The van der Waals surface area contributed by atoms with Crippen molar-refractivity contribution < 1.29 is 9.21 Å². The van der Waals surface area contributed by atoms with Crippen LogP contribution in [0.4, 0.5) is 5.69 Å². The Morgan fingerprint density at radius 3 is 3.00 bits per heavy atom. The molecule has 4 rings (SSSR count). The van der Waals surface area contributed by atoms with Crippen molar-refractivity contribution in [1.29, 1.82) is 0 Å². The van der Waals surface area contributed by atoms with Gasteiger partial charge in [0.25, 0.3) is 0 Å². The van der Waals surface area contributed by atoms with Crippen molar-refractivity contribution in [3.63, 3.8) is 0 Å². The lowest BCUT2D eigenvalue weighted by atomic mass is 10.2. The second kappa shape index (κ2) is 7.56. The molecular weight excluding hydrogens is 358 g/mol. The molecule has 5 nitrogen and oxygen atoms in total. The van der Waals surface area contributed by atoms with Crippen LogP contribution in [0, 0.1) is 6.92 Å². The van der Waals surface area contributed by atoms with Gasteiger partial charge in [-0.05, 0) is 43.3 Å². The number of nitrogens with one attached hydrogen (secondary N) is 1. The van der Waals surface area contributed by atoms with E-state index >= 15 is 0 Å². The third kappa shape index (κ3) is 3.76. The molecule has 3 aromatic rings. The highest BCUT2D eigenvalue weighted by atomic mass is 32.1. The lowest BCUT2D eigenvalue weighted by molar-refractivity contribution is -0.120. The van der Waals surface area contributed by atoms with E-state index in [2.05, 4.69) is 46.4 Å². The molecule has 6 heteroatoms. The number of fused-ring (bicyclic) bond motifs is 1. The molecule has 0 aliphatic carbocycles. The van der Waals surface area contributed by atoms with Gasteiger partial charge in [0.2, 0.25) is 11.8 Å². The van der Waals surface area contributed by atoms with Gasteiger partial charge < -0.3 is 14.6 Å². The average Bonchev–Trinajstić information content (AvgIpc) is 3.40. The molecule has 0 radical (unpaired) electrons. The molecule has 1 atom stereocenters. The van der Waals surface area contributed by atoms with Gasteiger partial charge in [0.15, 0.2) is 0 Å². The smallest absolute Gasteiger partial charge is 0.236 e. The Morgan fingerprint density at radius 1 is 1.33 bits per heavy atom. The van der Waals surface area contributed by atoms with Crippen molar-refractivity contribution in [1.82, 2.24) is 10.3 Å². The molecule has 1 aliphatic heterocycles. The summed E-state index contributed by atoms with van der Waals surface area (Å²) >= 11 is 1.58. The van der Waals surface area contributed by atoms with Gasteiger partial charge in [-0.25, -0.2) is 4.98 Å². The van der Waals surface area contributed by atoms with Crippen LogP contribution in [-0.4, -0.2) is 30.0 Å². The Morgan fingerprint density at radius 2 is 2.19 bits per heavy atom. The fraction of sp³-hybridized carbons (Fsp3) is 0.333. The number of nitrogens with zero attached hydrogens (tertiary/aromatic N) is 2. The highest BCUT2D eigenvalue weighted by molar-refractivity contribution is 7.13. The van der Waals surface area contributed by atoms with Crippen LogP contribution >= 0.6 is 11.3 Å². The summed E-state index contributed by atoms with van der Waals surface area (Å²) < 4.78 is 5.72. The minimum atomic E-state index is -0.0246. The molecule has 1 amide bonds. The number of carbonyl (C=O) groups is 1. The van der Waals surface area contributed by atoms with Crippen molar-refractivity contribution in [3.05, 3.63) is 58.8 Å². The molecule has 1 N–H and O–H groups in total. The first kappa shape index (κ1) is 17.8. The van der Waals surface area contributed by atoms with E-state index in [1.54, 1.807) is 11.3 Å². The third-order valence-electron chi connectivity index (χ3n) is 5.00. The summed E-state index contributed by atoms with van der Waals surface area (Å²) in [6, 6.07) is 12.7. The van der Waals surface area contributed by atoms with Gasteiger partial charge in [-0.15, -0.1) is 11.3 Å². The summed E-state index contributed by atoms with van der Waals surface area (Å²) in [5.41, 5.74) is 3.37. The summed E-state index contributed by atoms with van der Waals surface area (Å²) in [5, 5.41) is 5.04. The molecule has 140 valence electrons. The molecule has 0 fully saturated rings. The monoisotopic (exact) mass is 381 g/mol. The zero-order valence-corrected chi connectivity index (χ0v) is 16.4. The highest BCUT2D eigenvalue weighted by Crippen LogP contribution is 2.29. The number of amides is 1. The van der Waals surface area contributed by atoms with E-state index in [9.17, 15) is 4.79 Å². The Hall–Kier alpha value is -2.60. The number of hydrogen-bond acceptors (Lipinski definition) is 5. The minimum absolute atomic E-state index is 0.0246. The molecule has 3 heterocycles. The number of aryl methyl sites for hydroxylation is 1. The molecular formula is C21H23N3O2S. The Labute approximate surface area is 163 Å². The molecule has 2 aromatic heterocycles. The number of hydrogen-bond donors (Lipinski definition) is 1. The second-order valence-electron chi connectivity index (χ2n) is 6.90. The quantitative estimate of drug-likeness (QED) is 0.705. The number of carbonyl (C=O) groups excluding carboxylic acids is 1. The number of anilines is 1. The van der Waals surface area contributed by atoms with E-state index < -0.39 is 0 Å². The molecule has 1 aromatic carbocycles. The normalized spacial score (nSPS) is 14.2. The van der Waals surface area contributed by atoms with Crippen LogP contribution < -0.4 is 10.2 Å². The summed E-state index contributed by atoms with van der Waals surface area (Å²) in [5.74, 6) is 1.27. The number of thiophene rings is 1. The van der Waals surface area contributed by atoms with Crippen LogP contribution in [0.3, 0.4) is 0 Å². The fourth-order valence-electron chi connectivity index (χ4n) is 3.51. The number of oxazole rings is 1. The van der Waals surface area contributed by atoms with Crippen molar-refractivity contribution in [3.8, 4) is 10.8 Å². The van der Waals surface area contributed by atoms with E-state index in [-0.39, 0.29) is 18.4 Å². The van der Waals surface area contributed by atoms with Gasteiger partial charge in [-0.3, -0.25) is 4.79 Å². The van der Waals surface area contributed by atoms with Crippen LogP contribution in [-0.2, 0) is 17.6 Å². The van der Waals surface area contributed by atoms with Crippen LogP contribution in [0.5, 0.6) is 0 Å². The van der Waals surface area contributed by atoms with E-state index in [1.807, 2.05) is 24.4 Å². The minimum Gasteiger partial charge on any atom is -0.440 e. The SMILES string of the molecule is Cc1oc(-c2cccs2)nc1CC(=O)NC[C@@H](C)N1CCc2ccccc21. The lowest BCUT2D eigenvalue weighted by Gasteiger charge is -2.27. The first-order valence-electron chi connectivity index (χ1n) is 9.23. The van der Waals surface area contributed by atoms with Gasteiger partial charge in [0.1, 0.15) is 5.76 Å². The van der Waals surface area contributed by atoms with Gasteiger partial charge >= 0.3 is 0 Å². The summed E-state index contributed by atoms with van der Waals surface area (Å²) in [6.45, 7) is 5.62. The van der Waals surface area contributed by atoms with Crippen molar-refractivity contribution in [2.75, 3.05) is 18.0 Å². The van der Waals surface area contributed by atoms with E-state index in [1.165, 1.54) is 11.3 Å². The zero-order valence-electron chi connectivity index (χ0n) is 15.6. The largest absolute Gasteiger partial charge is 0.440 e. The average molecular weight is 382 g/mol. The number of benzene rings is 1. The third-order valence-corrected chi connectivity index (χ3v) is 5.86. The van der Waals surface area contributed by atoms with E-state index in [0.717, 1.165) is 17.8 Å². The summed E-state index contributed by atoms with van der Waals surface area (Å²) in [7, 11) is 0. The van der Waals surface area contributed by atoms with Gasteiger partial charge in [-0.1, -0.05) is 24.3 Å². The molecule has 0 saturated heterocycles. The second-order valence-corrected chi connectivity index (χ2v) is 7.85. The molecule has 0 spiro atoms. The first-order chi connectivity index (χ1) is 13.1. The molecule has 0 saturated carbocycles. The maximum Gasteiger partial charge on any atom is 0.236 e. The summed E-state index contributed by atoms with van der Waals surface area (Å²) in [4.78, 5) is 20.3. The van der Waals surface area contributed by atoms with E-state index in [0.29, 0.717) is 23.9 Å². The predicted molar refractivity (Wildman–Crippen MR) is 108 cm³/mol. The highest BCUT2D eigenvalue weighted by Gasteiger charge is 2.23. The molecule has 0 unspecified atom stereocenters. The topological polar surface area (TPSA) is 58.4 Å². The molecule has 0 bridgehead atoms. The van der Waals surface area contributed by atoms with Crippen molar-refractivity contribution in [2.24, 2.45) is 0 Å². The van der Waals surface area contributed by atoms with Crippen molar-refractivity contribution in [2.45, 2.75) is 32.7 Å². The van der Waals surface area contributed by atoms with Crippen LogP contribution in [0.15, 0.2) is 46.2 Å². The predicted octanol–water partition coefficient (Wildman–Crippen LogP) is 3.82. The van der Waals surface area contributed by atoms with Gasteiger partial charge in [0.05, 0.1) is 17.0 Å². The van der Waals surface area contributed by atoms with Gasteiger partial charge in [-0.2, -0.15) is 0 Å². The summed E-state index contributed by atoms with van der Waals surface area (Å²) in [6.07, 6.45) is 1.31. The Balaban J connectivity index is 1.34. The van der Waals surface area contributed by atoms with Crippen LogP contribution in [0.25, 0.3) is 10.8 Å². The number of para-hydroxylation sites is 1.